The fraction of sp³-hybridized carbons (Fsp3) is 0.611. The first-order chi connectivity index (χ1) is 10.4. The van der Waals surface area contributed by atoms with Gasteiger partial charge >= 0.3 is 0 Å². The second kappa shape index (κ2) is 7.32. The van der Waals surface area contributed by atoms with Crippen molar-refractivity contribution in [3.05, 3.63) is 28.3 Å². The normalized spacial score (nSPS) is 18.8. The molecule has 0 saturated carbocycles. The van der Waals surface area contributed by atoms with Gasteiger partial charge in [-0.25, -0.2) is 0 Å². The molecule has 1 aromatic rings. The first kappa shape index (κ1) is 17.8. The summed E-state index contributed by atoms with van der Waals surface area (Å²) in [6, 6.07) is 3.83. The Kier molecular flexibility index (Phi) is 5.91. The van der Waals surface area contributed by atoms with Crippen LogP contribution in [0.1, 0.15) is 44.2 Å². The SMILES string of the molecule is CC[P+]1(C(C)C(=O)Nc2c(C)cc(Cl)cc2C)CCCCC1. The predicted octanol–water partition coefficient (Wildman–Crippen LogP) is 5.51. The van der Waals surface area contributed by atoms with Gasteiger partial charge < -0.3 is 5.32 Å². The van der Waals surface area contributed by atoms with Gasteiger partial charge in [-0.3, -0.25) is 4.79 Å². The van der Waals surface area contributed by atoms with Crippen LogP contribution in [0.5, 0.6) is 0 Å². The summed E-state index contributed by atoms with van der Waals surface area (Å²) in [5.74, 6) is 0.200. The van der Waals surface area contributed by atoms with Crippen LogP contribution in [-0.2, 0) is 4.79 Å². The van der Waals surface area contributed by atoms with Crippen LogP contribution < -0.4 is 5.32 Å². The third kappa shape index (κ3) is 3.66. The van der Waals surface area contributed by atoms with E-state index >= 15 is 0 Å². The van der Waals surface area contributed by atoms with E-state index in [9.17, 15) is 4.79 Å². The highest BCUT2D eigenvalue weighted by atomic mass is 35.5. The first-order valence-electron chi connectivity index (χ1n) is 8.33. The Morgan fingerprint density at radius 3 is 2.27 bits per heavy atom. The van der Waals surface area contributed by atoms with Crippen LogP contribution in [0.3, 0.4) is 0 Å². The van der Waals surface area contributed by atoms with Crippen molar-refractivity contribution in [2.75, 3.05) is 23.8 Å². The van der Waals surface area contributed by atoms with Crippen molar-refractivity contribution < 1.29 is 4.79 Å². The second-order valence-corrected chi connectivity index (χ2v) is 11.8. The van der Waals surface area contributed by atoms with Crippen molar-refractivity contribution in [2.24, 2.45) is 0 Å². The monoisotopic (exact) mass is 340 g/mol. The standard InChI is InChI=1S/C18H27ClNOP/c1-5-22(9-7-6-8-10-22)15(4)18(21)20-17-13(2)11-16(19)12-14(17)3/h11-12,15H,5-10H2,1-4H3/p+1. The number of carbonyl (C=O) groups excluding carboxylic acids is 1. The van der Waals surface area contributed by atoms with Gasteiger partial charge in [-0.1, -0.05) is 11.6 Å². The second-order valence-electron chi connectivity index (χ2n) is 6.62. The largest absolute Gasteiger partial charge is 0.322 e. The minimum Gasteiger partial charge on any atom is -0.322 e. The number of hydrogen-bond donors (Lipinski definition) is 1. The fourth-order valence-corrected chi connectivity index (χ4v) is 8.48. The molecule has 0 aliphatic carbocycles. The highest BCUT2D eigenvalue weighted by Crippen LogP contribution is 2.65. The van der Waals surface area contributed by atoms with E-state index in [1.165, 1.54) is 37.7 Å². The molecule has 1 unspecified atom stereocenters. The van der Waals surface area contributed by atoms with Crippen LogP contribution in [0, 0.1) is 13.8 Å². The average molecular weight is 341 g/mol. The fourth-order valence-electron chi connectivity index (χ4n) is 3.70. The van der Waals surface area contributed by atoms with Gasteiger partial charge in [-0.15, -0.1) is 0 Å². The first-order valence-corrected chi connectivity index (χ1v) is 11.1. The van der Waals surface area contributed by atoms with Crippen LogP contribution in [0.15, 0.2) is 12.1 Å². The van der Waals surface area contributed by atoms with Crippen molar-refractivity contribution >= 4 is 30.5 Å². The van der Waals surface area contributed by atoms with Gasteiger partial charge in [-0.05, 0) is 70.2 Å². The molecule has 1 saturated heterocycles. The molecule has 2 rings (SSSR count). The smallest absolute Gasteiger partial charge is 0.264 e. The predicted molar refractivity (Wildman–Crippen MR) is 100 cm³/mol. The van der Waals surface area contributed by atoms with Crippen molar-refractivity contribution in [3.63, 3.8) is 0 Å². The van der Waals surface area contributed by atoms with E-state index in [0.29, 0.717) is 0 Å². The molecule has 1 N–H and O–H groups in total. The van der Waals surface area contributed by atoms with E-state index in [4.69, 9.17) is 11.6 Å². The Morgan fingerprint density at radius 2 is 1.77 bits per heavy atom. The summed E-state index contributed by atoms with van der Waals surface area (Å²) in [6.07, 6.45) is 7.72. The maximum Gasteiger partial charge on any atom is 0.264 e. The van der Waals surface area contributed by atoms with E-state index in [1.54, 1.807) is 0 Å². The summed E-state index contributed by atoms with van der Waals surface area (Å²) in [7, 11) is -1.13. The number of nitrogens with one attached hydrogen (secondary N) is 1. The Hall–Kier alpha value is -0.590. The Balaban J connectivity index is 2.18. The molecule has 122 valence electrons. The van der Waals surface area contributed by atoms with Gasteiger partial charge in [0.1, 0.15) is 5.66 Å². The van der Waals surface area contributed by atoms with Crippen molar-refractivity contribution in [2.45, 2.75) is 52.6 Å². The molecular formula is C18H28ClNOP+. The molecule has 1 fully saturated rings. The zero-order valence-electron chi connectivity index (χ0n) is 14.2. The highest BCUT2D eigenvalue weighted by Gasteiger charge is 2.46. The van der Waals surface area contributed by atoms with E-state index < -0.39 is 7.26 Å². The van der Waals surface area contributed by atoms with Gasteiger partial charge in [-0.2, -0.15) is 0 Å². The van der Waals surface area contributed by atoms with Gasteiger partial charge in [0.25, 0.3) is 5.91 Å². The Morgan fingerprint density at radius 1 is 1.23 bits per heavy atom. The number of anilines is 1. The quantitative estimate of drug-likeness (QED) is 0.720. The average Bonchev–Trinajstić information content (AvgIpc) is 2.50. The Bertz CT molecular complexity index is 529. The van der Waals surface area contributed by atoms with Gasteiger partial charge in [0.15, 0.2) is 0 Å². The number of aryl methyl sites for hydroxylation is 2. The van der Waals surface area contributed by atoms with Crippen LogP contribution in [-0.4, -0.2) is 30.1 Å². The molecule has 0 spiro atoms. The number of hydrogen-bond acceptors (Lipinski definition) is 1. The minimum absolute atomic E-state index is 0.160. The molecule has 0 radical (unpaired) electrons. The summed E-state index contributed by atoms with van der Waals surface area (Å²) >= 11 is 6.08. The van der Waals surface area contributed by atoms with Crippen LogP contribution in [0.2, 0.25) is 5.02 Å². The van der Waals surface area contributed by atoms with E-state index in [0.717, 1.165) is 21.8 Å². The zero-order valence-corrected chi connectivity index (χ0v) is 15.9. The number of amides is 1. The van der Waals surface area contributed by atoms with Crippen molar-refractivity contribution in [1.82, 2.24) is 0 Å². The van der Waals surface area contributed by atoms with E-state index in [-0.39, 0.29) is 11.6 Å². The van der Waals surface area contributed by atoms with E-state index in [2.05, 4.69) is 19.2 Å². The minimum atomic E-state index is -1.13. The lowest BCUT2D eigenvalue weighted by Gasteiger charge is -2.34. The molecule has 0 bridgehead atoms. The molecule has 0 aromatic heterocycles. The summed E-state index contributed by atoms with van der Waals surface area (Å²) in [4.78, 5) is 12.8. The molecule has 1 aliphatic heterocycles. The molecule has 4 heteroatoms. The highest BCUT2D eigenvalue weighted by molar-refractivity contribution is 7.77. The summed E-state index contributed by atoms with van der Waals surface area (Å²) in [5.41, 5.74) is 3.18. The third-order valence-electron chi connectivity index (χ3n) is 5.28. The molecular weight excluding hydrogens is 313 g/mol. The molecule has 1 atom stereocenters. The molecule has 1 amide bonds. The van der Waals surface area contributed by atoms with Gasteiger partial charge in [0.2, 0.25) is 0 Å². The molecule has 1 aromatic carbocycles. The lowest BCUT2D eigenvalue weighted by atomic mass is 10.1. The summed E-state index contributed by atoms with van der Waals surface area (Å²) < 4.78 is 0. The van der Waals surface area contributed by atoms with Crippen LogP contribution in [0.4, 0.5) is 5.69 Å². The van der Waals surface area contributed by atoms with E-state index in [1.807, 2.05) is 26.0 Å². The molecule has 22 heavy (non-hydrogen) atoms. The van der Waals surface area contributed by atoms with Gasteiger partial charge in [0, 0.05) is 18.0 Å². The molecule has 1 heterocycles. The molecule has 2 nitrogen and oxygen atoms in total. The number of rotatable bonds is 4. The Labute approximate surface area is 140 Å². The number of halogens is 1. The third-order valence-corrected chi connectivity index (χ3v) is 11.1. The summed E-state index contributed by atoms with van der Waals surface area (Å²) in [6.45, 7) is 8.44. The maximum absolute atomic E-state index is 12.8. The topological polar surface area (TPSA) is 29.1 Å². The zero-order chi connectivity index (χ0) is 16.3. The maximum atomic E-state index is 12.8. The van der Waals surface area contributed by atoms with Crippen LogP contribution in [0.25, 0.3) is 0 Å². The number of benzene rings is 1. The van der Waals surface area contributed by atoms with Gasteiger partial charge in [0.05, 0.1) is 18.5 Å². The number of carbonyl (C=O) groups is 1. The lowest BCUT2D eigenvalue weighted by Crippen LogP contribution is -2.33. The summed E-state index contributed by atoms with van der Waals surface area (Å²) in [5, 5.41) is 3.92. The van der Waals surface area contributed by atoms with Crippen molar-refractivity contribution in [1.29, 1.82) is 0 Å². The van der Waals surface area contributed by atoms with Crippen LogP contribution >= 0.6 is 18.9 Å². The lowest BCUT2D eigenvalue weighted by molar-refractivity contribution is -0.115. The van der Waals surface area contributed by atoms with Crippen molar-refractivity contribution in [3.8, 4) is 0 Å². The molecule has 1 aliphatic rings.